The number of carbonyl (C=O) groups excluding carboxylic acids is 1. The summed E-state index contributed by atoms with van der Waals surface area (Å²) in [6.07, 6.45) is 1.16. The van der Waals surface area contributed by atoms with Crippen molar-refractivity contribution in [2.45, 2.75) is 19.8 Å². The number of ether oxygens (including phenoxy) is 2. The molecule has 0 radical (unpaired) electrons. The van der Waals surface area contributed by atoms with Gasteiger partial charge in [0, 0.05) is 6.54 Å². The van der Waals surface area contributed by atoms with Crippen molar-refractivity contribution < 1.29 is 14.3 Å². The standard InChI is InChI=1S/C19H23NO3/c1-14-5-4-6-16(11-14)13-19(21)20-10-9-15-7-8-17(22-2)18(12-15)23-3/h4-8,11-12H,9-10,13H2,1-3H3,(H,20,21). The molecule has 0 fully saturated rings. The Balaban J connectivity index is 1.83. The van der Waals surface area contributed by atoms with Gasteiger partial charge in [0.2, 0.25) is 5.91 Å². The van der Waals surface area contributed by atoms with Gasteiger partial charge in [0.15, 0.2) is 11.5 Å². The van der Waals surface area contributed by atoms with Gasteiger partial charge >= 0.3 is 0 Å². The monoisotopic (exact) mass is 313 g/mol. The second kappa shape index (κ2) is 8.22. The quantitative estimate of drug-likeness (QED) is 0.855. The predicted molar refractivity (Wildman–Crippen MR) is 91.1 cm³/mol. The van der Waals surface area contributed by atoms with Crippen molar-refractivity contribution in [1.29, 1.82) is 0 Å². The van der Waals surface area contributed by atoms with Gasteiger partial charge in [-0.05, 0) is 36.6 Å². The van der Waals surface area contributed by atoms with E-state index in [1.807, 2.05) is 49.4 Å². The van der Waals surface area contributed by atoms with Crippen molar-refractivity contribution in [2.24, 2.45) is 0 Å². The van der Waals surface area contributed by atoms with Gasteiger partial charge in [-0.1, -0.05) is 35.9 Å². The molecule has 2 aromatic carbocycles. The first-order valence-electron chi connectivity index (χ1n) is 7.65. The van der Waals surface area contributed by atoms with E-state index in [0.29, 0.717) is 24.5 Å². The van der Waals surface area contributed by atoms with Crippen LogP contribution in [0.4, 0.5) is 0 Å². The zero-order valence-corrected chi connectivity index (χ0v) is 13.9. The summed E-state index contributed by atoms with van der Waals surface area (Å²) in [6.45, 7) is 2.62. The number of methoxy groups -OCH3 is 2. The molecule has 23 heavy (non-hydrogen) atoms. The van der Waals surface area contributed by atoms with E-state index in [1.54, 1.807) is 14.2 Å². The van der Waals surface area contributed by atoms with Gasteiger partial charge in [-0.2, -0.15) is 0 Å². The summed E-state index contributed by atoms with van der Waals surface area (Å²) in [7, 11) is 3.23. The molecule has 0 bridgehead atoms. The molecule has 4 heteroatoms. The highest BCUT2D eigenvalue weighted by molar-refractivity contribution is 5.78. The largest absolute Gasteiger partial charge is 0.493 e. The first kappa shape index (κ1) is 16.9. The third-order valence-electron chi connectivity index (χ3n) is 3.63. The first-order chi connectivity index (χ1) is 11.1. The lowest BCUT2D eigenvalue weighted by molar-refractivity contribution is -0.120. The Labute approximate surface area is 137 Å². The number of amides is 1. The summed E-state index contributed by atoms with van der Waals surface area (Å²) in [5.74, 6) is 1.45. The van der Waals surface area contributed by atoms with Crippen LogP contribution >= 0.6 is 0 Å². The van der Waals surface area contributed by atoms with Gasteiger partial charge in [0.25, 0.3) is 0 Å². The fraction of sp³-hybridized carbons (Fsp3) is 0.316. The van der Waals surface area contributed by atoms with Crippen LogP contribution in [0.1, 0.15) is 16.7 Å². The minimum absolute atomic E-state index is 0.0380. The van der Waals surface area contributed by atoms with Gasteiger partial charge in [0.1, 0.15) is 0 Å². The molecule has 122 valence electrons. The van der Waals surface area contributed by atoms with Gasteiger partial charge in [-0.25, -0.2) is 0 Å². The average Bonchev–Trinajstić information content (AvgIpc) is 2.54. The molecule has 4 nitrogen and oxygen atoms in total. The molecule has 0 aliphatic rings. The van der Waals surface area contributed by atoms with Crippen LogP contribution in [0, 0.1) is 6.92 Å². The summed E-state index contributed by atoms with van der Waals surface area (Å²) in [4.78, 5) is 12.0. The molecule has 0 spiro atoms. The zero-order valence-electron chi connectivity index (χ0n) is 13.9. The Kier molecular flexibility index (Phi) is 6.03. The van der Waals surface area contributed by atoms with Crippen molar-refractivity contribution in [1.82, 2.24) is 5.32 Å². The maximum absolute atomic E-state index is 12.0. The molecule has 1 N–H and O–H groups in total. The SMILES string of the molecule is COc1ccc(CCNC(=O)Cc2cccc(C)c2)cc1OC. The van der Waals surface area contributed by atoms with Crippen molar-refractivity contribution in [3.63, 3.8) is 0 Å². The highest BCUT2D eigenvalue weighted by Gasteiger charge is 2.06. The van der Waals surface area contributed by atoms with E-state index in [9.17, 15) is 4.79 Å². The van der Waals surface area contributed by atoms with E-state index in [4.69, 9.17) is 9.47 Å². The van der Waals surface area contributed by atoms with Gasteiger partial charge < -0.3 is 14.8 Å². The first-order valence-corrected chi connectivity index (χ1v) is 7.65. The fourth-order valence-corrected chi connectivity index (χ4v) is 2.45. The summed E-state index contributed by atoms with van der Waals surface area (Å²) in [5.41, 5.74) is 3.30. The lowest BCUT2D eigenvalue weighted by Gasteiger charge is -2.10. The molecule has 0 aromatic heterocycles. The Bertz CT molecular complexity index is 667. The Morgan fingerprint density at radius 2 is 1.78 bits per heavy atom. The molecule has 0 heterocycles. The van der Waals surface area contributed by atoms with E-state index in [2.05, 4.69) is 5.32 Å². The molecule has 0 aliphatic carbocycles. The average molecular weight is 313 g/mol. The van der Waals surface area contributed by atoms with E-state index in [-0.39, 0.29) is 5.91 Å². The summed E-state index contributed by atoms with van der Waals surface area (Å²) in [5, 5.41) is 2.95. The van der Waals surface area contributed by atoms with E-state index in [1.165, 1.54) is 5.56 Å². The van der Waals surface area contributed by atoms with Crippen LogP contribution in [0.2, 0.25) is 0 Å². The molecule has 0 saturated carbocycles. The number of aryl methyl sites for hydroxylation is 1. The van der Waals surface area contributed by atoms with Crippen LogP contribution in [-0.2, 0) is 17.6 Å². The third kappa shape index (κ3) is 5.02. The Morgan fingerprint density at radius 3 is 2.48 bits per heavy atom. The second-order valence-corrected chi connectivity index (χ2v) is 5.46. The van der Waals surface area contributed by atoms with E-state index >= 15 is 0 Å². The molecule has 0 aliphatic heterocycles. The number of benzene rings is 2. The van der Waals surface area contributed by atoms with Crippen LogP contribution in [0.15, 0.2) is 42.5 Å². The van der Waals surface area contributed by atoms with Crippen molar-refractivity contribution in [2.75, 3.05) is 20.8 Å². The summed E-state index contributed by atoms with van der Waals surface area (Å²) >= 11 is 0. The van der Waals surface area contributed by atoms with Crippen LogP contribution in [0.5, 0.6) is 11.5 Å². The number of rotatable bonds is 7. The number of carbonyl (C=O) groups is 1. The second-order valence-electron chi connectivity index (χ2n) is 5.46. The molecule has 0 unspecified atom stereocenters. The lowest BCUT2D eigenvalue weighted by atomic mass is 10.1. The molecular formula is C19H23NO3. The molecule has 2 rings (SSSR count). The van der Waals surface area contributed by atoms with Crippen LogP contribution in [0.3, 0.4) is 0 Å². The fourth-order valence-electron chi connectivity index (χ4n) is 2.45. The highest BCUT2D eigenvalue weighted by atomic mass is 16.5. The smallest absolute Gasteiger partial charge is 0.224 e. The van der Waals surface area contributed by atoms with Crippen LogP contribution in [-0.4, -0.2) is 26.7 Å². The van der Waals surface area contributed by atoms with Crippen LogP contribution in [0.25, 0.3) is 0 Å². The summed E-state index contributed by atoms with van der Waals surface area (Å²) < 4.78 is 10.5. The number of hydrogen-bond acceptors (Lipinski definition) is 3. The topological polar surface area (TPSA) is 47.6 Å². The van der Waals surface area contributed by atoms with Crippen LogP contribution < -0.4 is 14.8 Å². The normalized spacial score (nSPS) is 10.2. The van der Waals surface area contributed by atoms with Crippen molar-refractivity contribution in [3.8, 4) is 11.5 Å². The maximum Gasteiger partial charge on any atom is 0.224 e. The minimum atomic E-state index is 0.0380. The van der Waals surface area contributed by atoms with Crippen molar-refractivity contribution >= 4 is 5.91 Å². The molecule has 1 amide bonds. The number of hydrogen-bond donors (Lipinski definition) is 1. The summed E-state index contributed by atoms with van der Waals surface area (Å²) in [6, 6.07) is 13.8. The van der Waals surface area contributed by atoms with E-state index < -0.39 is 0 Å². The van der Waals surface area contributed by atoms with Gasteiger partial charge in [0.05, 0.1) is 20.6 Å². The van der Waals surface area contributed by atoms with Gasteiger partial charge in [-0.3, -0.25) is 4.79 Å². The Morgan fingerprint density at radius 1 is 1.00 bits per heavy atom. The molecule has 0 saturated heterocycles. The highest BCUT2D eigenvalue weighted by Crippen LogP contribution is 2.27. The zero-order chi connectivity index (χ0) is 16.7. The van der Waals surface area contributed by atoms with Gasteiger partial charge in [-0.15, -0.1) is 0 Å². The third-order valence-corrected chi connectivity index (χ3v) is 3.63. The lowest BCUT2D eigenvalue weighted by Crippen LogP contribution is -2.27. The van der Waals surface area contributed by atoms with Crippen molar-refractivity contribution in [3.05, 3.63) is 59.2 Å². The molecule has 2 aromatic rings. The maximum atomic E-state index is 12.0. The molecular weight excluding hydrogens is 290 g/mol. The molecule has 0 atom stereocenters. The van der Waals surface area contributed by atoms with E-state index in [0.717, 1.165) is 17.5 Å². The number of nitrogens with one attached hydrogen (secondary N) is 1. The predicted octanol–water partition coefficient (Wildman–Crippen LogP) is 2.91. The minimum Gasteiger partial charge on any atom is -0.493 e. The Hall–Kier alpha value is -2.49.